The fourth-order valence-corrected chi connectivity index (χ4v) is 1.68. The van der Waals surface area contributed by atoms with E-state index in [1.807, 2.05) is 6.92 Å². The lowest BCUT2D eigenvalue weighted by Crippen LogP contribution is -2.36. The lowest BCUT2D eigenvalue weighted by molar-refractivity contribution is -0.146. The molecule has 1 rings (SSSR count). The zero-order chi connectivity index (χ0) is 8.97. The summed E-state index contributed by atoms with van der Waals surface area (Å²) in [6.45, 7) is 3.99. The second-order valence-electron chi connectivity index (χ2n) is 3.42. The van der Waals surface area contributed by atoms with Gasteiger partial charge in [-0.3, -0.25) is 4.79 Å². The van der Waals surface area contributed by atoms with Crippen molar-refractivity contribution < 1.29 is 9.53 Å². The van der Waals surface area contributed by atoms with Crippen molar-refractivity contribution in [1.29, 1.82) is 0 Å². The Labute approximate surface area is 73.5 Å². The van der Waals surface area contributed by atoms with E-state index in [0.717, 1.165) is 19.5 Å². The van der Waals surface area contributed by atoms with Crippen LogP contribution in [0.3, 0.4) is 0 Å². The van der Waals surface area contributed by atoms with Crippen molar-refractivity contribution in [3.05, 3.63) is 0 Å². The molecule has 1 aliphatic heterocycles. The van der Waals surface area contributed by atoms with Crippen LogP contribution in [-0.2, 0) is 9.53 Å². The van der Waals surface area contributed by atoms with Crippen molar-refractivity contribution in [2.75, 3.05) is 20.2 Å². The summed E-state index contributed by atoms with van der Waals surface area (Å²) >= 11 is 0. The maximum absolute atomic E-state index is 11.2. The van der Waals surface area contributed by atoms with Crippen LogP contribution < -0.4 is 5.32 Å². The highest BCUT2D eigenvalue weighted by molar-refractivity contribution is 5.72. The summed E-state index contributed by atoms with van der Waals surface area (Å²) in [5.74, 6) is 0.428. The van der Waals surface area contributed by atoms with Gasteiger partial charge in [0, 0.05) is 0 Å². The summed E-state index contributed by atoms with van der Waals surface area (Å²) in [5, 5.41) is 3.29. The Kier molecular flexibility index (Phi) is 3.53. The second kappa shape index (κ2) is 4.45. The first-order chi connectivity index (χ1) is 5.75. The third-order valence-electron chi connectivity index (χ3n) is 2.62. The number of esters is 1. The molecule has 3 heteroatoms. The quantitative estimate of drug-likeness (QED) is 0.624. The Balaban J connectivity index is 2.39. The molecular weight excluding hydrogens is 154 g/mol. The Morgan fingerprint density at radius 1 is 1.67 bits per heavy atom. The molecule has 3 nitrogen and oxygen atoms in total. The van der Waals surface area contributed by atoms with Gasteiger partial charge in [-0.25, -0.2) is 0 Å². The third kappa shape index (κ3) is 2.21. The molecule has 1 N–H and O–H groups in total. The first kappa shape index (κ1) is 9.52. The van der Waals surface area contributed by atoms with Crippen LogP contribution in [0, 0.1) is 11.8 Å². The Morgan fingerprint density at radius 3 is 2.92 bits per heavy atom. The van der Waals surface area contributed by atoms with E-state index in [4.69, 9.17) is 4.74 Å². The molecule has 2 atom stereocenters. The van der Waals surface area contributed by atoms with Crippen LogP contribution in [0.4, 0.5) is 0 Å². The van der Waals surface area contributed by atoms with Gasteiger partial charge in [0.1, 0.15) is 0 Å². The number of carbonyl (C=O) groups excluding carboxylic acids is 1. The minimum Gasteiger partial charge on any atom is -0.469 e. The molecule has 1 heterocycles. The van der Waals surface area contributed by atoms with Crippen molar-refractivity contribution in [2.24, 2.45) is 11.8 Å². The van der Waals surface area contributed by atoms with Gasteiger partial charge in [0.15, 0.2) is 0 Å². The summed E-state index contributed by atoms with van der Waals surface area (Å²) in [6.07, 6.45) is 2.31. The SMILES string of the molecule is COC(=O)C(C)C1CCCNC1. The van der Waals surface area contributed by atoms with Crippen molar-refractivity contribution in [3.63, 3.8) is 0 Å². The number of rotatable bonds is 2. The fraction of sp³-hybridized carbons (Fsp3) is 0.889. The Bertz CT molecular complexity index is 153. The van der Waals surface area contributed by atoms with Crippen LogP contribution in [0.2, 0.25) is 0 Å². The van der Waals surface area contributed by atoms with Gasteiger partial charge in [0.2, 0.25) is 0 Å². The molecule has 1 aliphatic rings. The normalized spacial score (nSPS) is 26.3. The van der Waals surface area contributed by atoms with Gasteiger partial charge >= 0.3 is 5.97 Å². The van der Waals surface area contributed by atoms with Crippen molar-refractivity contribution in [2.45, 2.75) is 19.8 Å². The van der Waals surface area contributed by atoms with Gasteiger partial charge in [-0.05, 0) is 31.8 Å². The van der Waals surface area contributed by atoms with Gasteiger partial charge in [-0.1, -0.05) is 6.92 Å². The fourth-order valence-electron chi connectivity index (χ4n) is 1.68. The predicted molar refractivity (Wildman–Crippen MR) is 46.8 cm³/mol. The van der Waals surface area contributed by atoms with E-state index in [2.05, 4.69) is 5.32 Å². The smallest absolute Gasteiger partial charge is 0.308 e. The molecule has 70 valence electrons. The monoisotopic (exact) mass is 171 g/mol. The molecular formula is C9H17NO2. The van der Waals surface area contributed by atoms with E-state index >= 15 is 0 Å². The summed E-state index contributed by atoms with van der Waals surface area (Å²) in [4.78, 5) is 11.2. The van der Waals surface area contributed by atoms with E-state index < -0.39 is 0 Å². The van der Waals surface area contributed by atoms with Crippen LogP contribution in [0.5, 0.6) is 0 Å². The number of ether oxygens (including phenoxy) is 1. The van der Waals surface area contributed by atoms with Gasteiger partial charge in [-0.15, -0.1) is 0 Å². The molecule has 0 aromatic rings. The highest BCUT2D eigenvalue weighted by Gasteiger charge is 2.25. The van der Waals surface area contributed by atoms with Crippen LogP contribution in [0.1, 0.15) is 19.8 Å². The molecule has 1 fully saturated rings. The average molecular weight is 171 g/mol. The highest BCUT2D eigenvalue weighted by atomic mass is 16.5. The molecule has 12 heavy (non-hydrogen) atoms. The number of nitrogens with one attached hydrogen (secondary N) is 1. The van der Waals surface area contributed by atoms with E-state index in [-0.39, 0.29) is 11.9 Å². The molecule has 2 unspecified atom stereocenters. The van der Waals surface area contributed by atoms with Gasteiger partial charge in [-0.2, -0.15) is 0 Å². The average Bonchev–Trinajstić information content (AvgIpc) is 2.17. The Morgan fingerprint density at radius 2 is 2.42 bits per heavy atom. The first-order valence-electron chi connectivity index (χ1n) is 4.54. The van der Waals surface area contributed by atoms with Gasteiger partial charge < -0.3 is 10.1 Å². The minimum atomic E-state index is -0.0799. The van der Waals surface area contributed by atoms with Gasteiger partial charge in [0.25, 0.3) is 0 Å². The van der Waals surface area contributed by atoms with Crippen LogP contribution in [0.25, 0.3) is 0 Å². The maximum atomic E-state index is 11.2. The lowest BCUT2D eigenvalue weighted by atomic mass is 9.87. The molecule has 0 spiro atoms. The first-order valence-corrected chi connectivity index (χ1v) is 4.54. The maximum Gasteiger partial charge on any atom is 0.308 e. The van der Waals surface area contributed by atoms with Crippen LogP contribution >= 0.6 is 0 Å². The molecule has 0 amide bonds. The standard InChI is InChI=1S/C9H17NO2/c1-7(9(11)12-2)8-4-3-5-10-6-8/h7-8,10H,3-6H2,1-2H3. The summed E-state index contributed by atoms with van der Waals surface area (Å²) < 4.78 is 4.70. The predicted octanol–water partition coefficient (Wildman–Crippen LogP) is 0.795. The van der Waals surface area contributed by atoms with Gasteiger partial charge in [0.05, 0.1) is 13.0 Å². The Hall–Kier alpha value is -0.570. The summed E-state index contributed by atoms with van der Waals surface area (Å²) in [6, 6.07) is 0. The van der Waals surface area contributed by atoms with E-state index in [1.165, 1.54) is 13.5 Å². The van der Waals surface area contributed by atoms with Crippen LogP contribution in [0.15, 0.2) is 0 Å². The zero-order valence-corrected chi connectivity index (χ0v) is 7.80. The zero-order valence-electron chi connectivity index (χ0n) is 7.80. The van der Waals surface area contributed by atoms with E-state index in [1.54, 1.807) is 0 Å². The van der Waals surface area contributed by atoms with E-state index in [9.17, 15) is 4.79 Å². The molecule has 0 radical (unpaired) electrons. The number of hydrogen-bond donors (Lipinski definition) is 1. The van der Waals surface area contributed by atoms with Crippen molar-refractivity contribution in [3.8, 4) is 0 Å². The second-order valence-corrected chi connectivity index (χ2v) is 3.42. The number of carbonyl (C=O) groups is 1. The van der Waals surface area contributed by atoms with Crippen molar-refractivity contribution >= 4 is 5.97 Å². The van der Waals surface area contributed by atoms with Crippen LogP contribution in [-0.4, -0.2) is 26.2 Å². The minimum absolute atomic E-state index is 0.0443. The molecule has 0 aromatic heterocycles. The topological polar surface area (TPSA) is 38.3 Å². The molecule has 0 aromatic carbocycles. The lowest BCUT2D eigenvalue weighted by Gasteiger charge is -2.26. The number of hydrogen-bond acceptors (Lipinski definition) is 3. The number of methoxy groups -OCH3 is 1. The number of piperidine rings is 1. The highest BCUT2D eigenvalue weighted by Crippen LogP contribution is 2.20. The third-order valence-corrected chi connectivity index (χ3v) is 2.62. The molecule has 0 saturated carbocycles. The summed E-state index contributed by atoms with van der Waals surface area (Å²) in [7, 11) is 1.45. The molecule has 1 saturated heterocycles. The summed E-state index contributed by atoms with van der Waals surface area (Å²) in [5.41, 5.74) is 0. The largest absolute Gasteiger partial charge is 0.469 e. The molecule has 0 bridgehead atoms. The van der Waals surface area contributed by atoms with Crippen molar-refractivity contribution in [1.82, 2.24) is 5.32 Å². The van der Waals surface area contributed by atoms with E-state index in [0.29, 0.717) is 5.92 Å². The molecule has 0 aliphatic carbocycles.